The highest BCUT2D eigenvalue weighted by atomic mass is 35.5. The van der Waals surface area contributed by atoms with E-state index in [1.54, 1.807) is 0 Å². The molecule has 0 atom stereocenters. The molecule has 0 unspecified atom stereocenters. The molecule has 0 aliphatic rings. The third-order valence-electron chi connectivity index (χ3n) is 2.99. The summed E-state index contributed by atoms with van der Waals surface area (Å²) in [5, 5.41) is 7.70. The van der Waals surface area contributed by atoms with Crippen molar-refractivity contribution >= 4 is 46.4 Å². The van der Waals surface area contributed by atoms with Crippen molar-refractivity contribution in [1.29, 1.82) is 0 Å². The van der Waals surface area contributed by atoms with Crippen LogP contribution in [0.4, 0.5) is 5.69 Å². The summed E-state index contributed by atoms with van der Waals surface area (Å²) in [6, 6.07) is 16.1. The van der Waals surface area contributed by atoms with E-state index in [2.05, 4.69) is 41.8 Å². The van der Waals surface area contributed by atoms with Gasteiger partial charge in [0.1, 0.15) is 0 Å². The molecular weight excluding hydrogens is 332 g/mol. The summed E-state index contributed by atoms with van der Waals surface area (Å²) in [5.74, 6) is 2.04. The van der Waals surface area contributed by atoms with Crippen molar-refractivity contribution in [3.63, 3.8) is 0 Å². The number of thioether (sulfide) groups is 1. The molecule has 0 aliphatic carbocycles. The molecule has 0 amide bonds. The van der Waals surface area contributed by atoms with E-state index in [-0.39, 0.29) is 0 Å². The second-order valence-electron chi connectivity index (χ2n) is 4.93. The molecule has 0 bridgehead atoms. The minimum absolute atomic E-state index is 0.637. The summed E-state index contributed by atoms with van der Waals surface area (Å²) >= 11 is 13.0. The topological polar surface area (TPSA) is 24.1 Å². The molecule has 22 heavy (non-hydrogen) atoms. The first-order valence-corrected chi connectivity index (χ1v) is 9.01. The molecule has 0 saturated carbocycles. The quantitative estimate of drug-likeness (QED) is 0.573. The number of benzene rings is 2. The highest BCUT2D eigenvalue weighted by Gasteiger charge is 1.98. The van der Waals surface area contributed by atoms with Gasteiger partial charge >= 0.3 is 0 Å². The summed E-state index contributed by atoms with van der Waals surface area (Å²) in [6.45, 7) is 2.96. The van der Waals surface area contributed by atoms with Crippen LogP contribution in [0.1, 0.15) is 11.1 Å². The Morgan fingerprint density at radius 1 is 1.18 bits per heavy atom. The Morgan fingerprint density at radius 2 is 1.95 bits per heavy atom. The van der Waals surface area contributed by atoms with Gasteiger partial charge in [0.25, 0.3) is 0 Å². The van der Waals surface area contributed by atoms with E-state index in [1.165, 1.54) is 11.1 Å². The first kappa shape index (κ1) is 17.1. The number of anilines is 1. The van der Waals surface area contributed by atoms with Gasteiger partial charge in [0, 0.05) is 28.8 Å². The Labute approximate surface area is 146 Å². The molecule has 116 valence electrons. The van der Waals surface area contributed by atoms with E-state index in [4.69, 9.17) is 23.8 Å². The van der Waals surface area contributed by atoms with Gasteiger partial charge in [-0.2, -0.15) is 11.8 Å². The van der Waals surface area contributed by atoms with Crippen LogP contribution in [0.25, 0.3) is 0 Å². The van der Waals surface area contributed by atoms with E-state index < -0.39 is 0 Å². The van der Waals surface area contributed by atoms with Crippen molar-refractivity contribution in [2.45, 2.75) is 12.7 Å². The lowest BCUT2D eigenvalue weighted by Crippen LogP contribution is -2.30. The fourth-order valence-corrected chi connectivity index (χ4v) is 3.09. The molecule has 2 rings (SSSR count). The molecule has 0 fully saturated rings. The summed E-state index contributed by atoms with van der Waals surface area (Å²) in [4.78, 5) is 0. The van der Waals surface area contributed by atoms with Gasteiger partial charge in [-0.15, -0.1) is 0 Å². The van der Waals surface area contributed by atoms with Crippen LogP contribution in [-0.4, -0.2) is 17.4 Å². The standard InChI is InChI=1S/C17H19ClN2S2/c1-13-3-2-4-14(11-13)12-22-10-9-19-17(21)20-16-7-5-15(18)6-8-16/h2-8,11H,9-10,12H2,1H3,(H2,19,20,21). The van der Waals surface area contributed by atoms with Crippen LogP contribution in [0.2, 0.25) is 5.02 Å². The molecule has 0 spiro atoms. The fourth-order valence-electron chi connectivity index (χ4n) is 1.94. The second-order valence-corrected chi connectivity index (χ2v) is 6.88. The van der Waals surface area contributed by atoms with Crippen LogP contribution < -0.4 is 10.6 Å². The summed E-state index contributed by atoms with van der Waals surface area (Å²) < 4.78 is 0. The molecule has 5 heteroatoms. The van der Waals surface area contributed by atoms with Crippen LogP contribution >= 0.6 is 35.6 Å². The lowest BCUT2D eigenvalue weighted by Gasteiger charge is -2.10. The average molecular weight is 351 g/mol. The van der Waals surface area contributed by atoms with E-state index in [1.807, 2.05) is 36.0 Å². The third kappa shape index (κ3) is 6.26. The summed E-state index contributed by atoms with van der Waals surface area (Å²) in [5.41, 5.74) is 3.62. The molecule has 2 aromatic carbocycles. The van der Waals surface area contributed by atoms with Crippen molar-refractivity contribution in [2.24, 2.45) is 0 Å². The normalized spacial score (nSPS) is 10.3. The largest absolute Gasteiger partial charge is 0.362 e. The first-order valence-electron chi connectivity index (χ1n) is 7.07. The highest BCUT2D eigenvalue weighted by Crippen LogP contribution is 2.14. The zero-order valence-corrected chi connectivity index (χ0v) is 14.8. The predicted octanol–water partition coefficient (Wildman–Crippen LogP) is 4.87. The van der Waals surface area contributed by atoms with Crippen molar-refractivity contribution in [3.8, 4) is 0 Å². The van der Waals surface area contributed by atoms with Crippen LogP contribution in [0.5, 0.6) is 0 Å². The molecule has 2 aromatic rings. The van der Waals surface area contributed by atoms with E-state index in [0.29, 0.717) is 5.11 Å². The molecule has 0 radical (unpaired) electrons. The molecule has 0 aromatic heterocycles. The fraction of sp³-hybridized carbons (Fsp3) is 0.235. The molecule has 0 aliphatic heterocycles. The number of thiocarbonyl (C=S) groups is 1. The maximum Gasteiger partial charge on any atom is 0.170 e. The van der Waals surface area contributed by atoms with Crippen LogP contribution in [-0.2, 0) is 5.75 Å². The van der Waals surface area contributed by atoms with Crippen LogP contribution in [0.15, 0.2) is 48.5 Å². The maximum atomic E-state index is 5.85. The molecule has 0 heterocycles. The van der Waals surface area contributed by atoms with Gasteiger partial charge < -0.3 is 10.6 Å². The highest BCUT2D eigenvalue weighted by molar-refractivity contribution is 7.98. The lowest BCUT2D eigenvalue weighted by atomic mass is 10.2. The zero-order valence-electron chi connectivity index (χ0n) is 12.4. The molecule has 0 saturated heterocycles. The molecular formula is C17H19ClN2S2. The zero-order chi connectivity index (χ0) is 15.8. The van der Waals surface area contributed by atoms with Gasteiger partial charge in [-0.25, -0.2) is 0 Å². The van der Waals surface area contributed by atoms with Crippen molar-refractivity contribution in [1.82, 2.24) is 5.32 Å². The van der Waals surface area contributed by atoms with Crippen molar-refractivity contribution in [3.05, 3.63) is 64.7 Å². The minimum atomic E-state index is 0.637. The van der Waals surface area contributed by atoms with E-state index in [9.17, 15) is 0 Å². The monoisotopic (exact) mass is 350 g/mol. The van der Waals surface area contributed by atoms with Gasteiger partial charge in [-0.1, -0.05) is 41.4 Å². The first-order chi connectivity index (χ1) is 10.6. The number of hydrogen-bond donors (Lipinski definition) is 2. The third-order valence-corrected chi connectivity index (χ3v) is 4.51. The number of nitrogens with one attached hydrogen (secondary N) is 2. The van der Waals surface area contributed by atoms with Gasteiger partial charge in [-0.05, 0) is 49.0 Å². The average Bonchev–Trinajstić information content (AvgIpc) is 2.49. The SMILES string of the molecule is Cc1cccc(CSCCNC(=S)Nc2ccc(Cl)cc2)c1. The lowest BCUT2D eigenvalue weighted by molar-refractivity contribution is 0.990. The number of hydrogen-bond acceptors (Lipinski definition) is 2. The summed E-state index contributed by atoms with van der Waals surface area (Å²) in [6.07, 6.45) is 0. The van der Waals surface area contributed by atoms with Gasteiger partial charge in [0.15, 0.2) is 5.11 Å². The number of rotatable bonds is 6. The molecule has 2 nitrogen and oxygen atoms in total. The molecule has 2 N–H and O–H groups in total. The van der Waals surface area contributed by atoms with E-state index in [0.717, 1.165) is 28.8 Å². The minimum Gasteiger partial charge on any atom is -0.362 e. The summed E-state index contributed by atoms with van der Waals surface area (Å²) in [7, 11) is 0. The van der Waals surface area contributed by atoms with Crippen molar-refractivity contribution < 1.29 is 0 Å². The maximum absolute atomic E-state index is 5.85. The Morgan fingerprint density at radius 3 is 2.68 bits per heavy atom. The Balaban J connectivity index is 1.62. The van der Waals surface area contributed by atoms with Gasteiger partial charge in [0.05, 0.1) is 0 Å². The van der Waals surface area contributed by atoms with Gasteiger partial charge in [-0.3, -0.25) is 0 Å². The van der Waals surface area contributed by atoms with Crippen LogP contribution in [0, 0.1) is 6.92 Å². The Bertz CT molecular complexity index is 614. The predicted molar refractivity (Wildman–Crippen MR) is 103 cm³/mol. The Hall–Kier alpha value is -1.23. The van der Waals surface area contributed by atoms with Crippen molar-refractivity contribution in [2.75, 3.05) is 17.6 Å². The van der Waals surface area contributed by atoms with Crippen LogP contribution in [0.3, 0.4) is 0 Å². The number of halogens is 1. The second kappa shape index (κ2) is 9.03. The smallest absolute Gasteiger partial charge is 0.170 e. The number of aryl methyl sites for hydroxylation is 1. The van der Waals surface area contributed by atoms with Gasteiger partial charge in [0.2, 0.25) is 0 Å². The Kier molecular flexibility index (Phi) is 7.03. The van der Waals surface area contributed by atoms with E-state index >= 15 is 0 Å².